The second kappa shape index (κ2) is 8.53. The van der Waals surface area contributed by atoms with Crippen molar-refractivity contribution in [3.05, 3.63) is 0 Å². The van der Waals surface area contributed by atoms with Crippen molar-refractivity contribution in [1.82, 2.24) is 0 Å². The molecule has 0 aromatic heterocycles. The first-order chi connectivity index (χ1) is 13.9. The Morgan fingerprint density at radius 3 is 0.879 bits per heavy atom. The normalized spacial score (nSPS) is 16.3. The fourth-order valence-electron chi connectivity index (χ4n) is 1.43. The fraction of sp³-hybridized carbons (Fsp3) is 1.00. The molecule has 0 N–H and O–H groups in total. The molecule has 0 saturated carbocycles. The second-order valence-corrected chi connectivity index (χ2v) is 8.08. The van der Waals surface area contributed by atoms with E-state index in [1.54, 1.807) is 0 Å². The van der Waals surface area contributed by atoms with E-state index >= 15 is 0 Å². The molecule has 0 aromatic carbocycles. The lowest BCUT2D eigenvalue weighted by atomic mass is 10.1. The standard InChI is InChI=1S/C11H7F18O3P/c1-33(30,31-2-4(12,13)6(16,17)8(20,21)10(24,25)26)32-3-5(14,15)7(18,19)9(22,23)11(27,28)29/h2-3H2,1H3. The van der Waals surface area contributed by atoms with Crippen LogP contribution >= 0.6 is 7.60 Å². The maximum atomic E-state index is 13.2. The van der Waals surface area contributed by atoms with Gasteiger partial charge in [-0.05, 0) is 0 Å². The van der Waals surface area contributed by atoms with Gasteiger partial charge in [-0.2, -0.15) is 79.0 Å². The summed E-state index contributed by atoms with van der Waals surface area (Å²) < 4.78 is 244. The highest BCUT2D eigenvalue weighted by Crippen LogP contribution is 2.57. The minimum atomic E-state index is -7.45. The van der Waals surface area contributed by atoms with Crippen LogP contribution < -0.4 is 0 Å². The van der Waals surface area contributed by atoms with Crippen LogP contribution in [0.2, 0.25) is 0 Å². The lowest BCUT2D eigenvalue weighted by Crippen LogP contribution is -2.62. The van der Waals surface area contributed by atoms with Crippen LogP contribution in [0.1, 0.15) is 0 Å². The van der Waals surface area contributed by atoms with E-state index in [0.717, 1.165) is 0 Å². The summed E-state index contributed by atoms with van der Waals surface area (Å²) in [6.45, 7) is -7.21. The Hall–Kier alpha value is -1.11. The van der Waals surface area contributed by atoms with Gasteiger partial charge in [-0.15, -0.1) is 0 Å². The quantitative estimate of drug-likeness (QED) is 0.219. The highest BCUT2D eigenvalue weighted by atomic mass is 31.2. The maximum Gasteiger partial charge on any atom is 0.460 e. The van der Waals surface area contributed by atoms with Crippen molar-refractivity contribution >= 4 is 7.60 Å². The summed E-state index contributed by atoms with van der Waals surface area (Å²) in [4.78, 5) is 0. The highest BCUT2D eigenvalue weighted by Gasteiger charge is 2.83. The molecule has 0 fully saturated rings. The van der Waals surface area contributed by atoms with E-state index in [9.17, 15) is 83.6 Å². The summed E-state index contributed by atoms with van der Waals surface area (Å²) in [7, 11) is -5.89. The number of halogens is 18. The summed E-state index contributed by atoms with van der Waals surface area (Å²) in [5, 5.41) is 0. The highest BCUT2D eigenvalue weighted by molar-refractivity contribution is 7.52. The van der Waals surface area contributed by atoms with Crippen molar-refractivity contribution in [2.45, 2.75) is 47.9 Å². The molecule has 0 aliphatic rings. The Bertz CT molecular complexity index is 680. The number of hydrogen-bond donors (Lipinski definition) is 0. The molecular weight excluding hydrogens is 553 g/mol. The third-order valence-electron chi connectivity index (χ3n) is 3.38. The summed E-state index contributed by atoms with van der Waals surface area (Å²) in [5.74, 6) is -42.8. The van der Waals surface area contributed by atoms with E-state index in [1.165, 1.54) is 0 Å². The predicted molar refractivity (Wildman–Crippen MR) is 67.2 cm³/mol. The molecule has 0 unspecified atom stereocenters. The lowest BCUT2D eigenvalue weighted by Gasteiger charge is -2.34. The van der Waals surface area contributed by atoms with Crippen LogP contribution in [0.5, 0.6) is 0 Å². The molecule has 0 saturated heterocycles. The molecule has 0 aromatic rings. The molecular formula is C11H7F18O3P. The molecule has 0 bridgehead atoms. The van der Waals surface area contributed by atoms with Crippen LogP contribution in [0.4, 0.5) is 79.0 Å². The average molecular weight is 560 g/mol. The molecule has 22 heteroatoms. The van der Waals surface area contributed by atoms with E-state index in [4.69, 9.17) is 0 Å². The number of rotatable bonds is 10. The van der Waals surface area contributed by atoms with Gasteiger partial charge in [0.05, 0.1) is 0 Å². The average Bonchev–Trinajstić information content (AvgIpc) is 2.56. The first-order valence-electron chi connectivity index (χ1n) is 7.18. The van der Waals surface area contributed by atoms with Crippen LogP contribution in [0.25, 0.3) is 0 Å². The zero-order valence-electron chi connectivity index (χ0n) is 14.9. The molecule has 200 valence electrons. The molecule has 0 spiro atoms. The fourth-order valence-corrected chi connectivity index (χ4v) is 2.30. The van der Waals surface area contributed by atoms with Gasteiger partial charge in [0.1, 0.15) is 13.2 Å². The van der Waals surface area contributed by atoms with Crippen LogP contribution in [-0.2, 0) is 13.6 Å². The zero-order valence-corrected chi connectivity index (χ0v) is 15.8. The van der Waals surface area contributed by atoms with E-state index in [0.29, 0.717) is 0 Å². The van der Waals surface area contributed by atoms with E-state index in [2.05, 4.69) is 9.05 Å². The third-order valence-corrected chi connectivity index (χ3v) is 4.58. The van der Waals surface area contributed by atoms with Gasteiger partial charge in [0.2, 0.25) is 0 Å². The van der Waals surface area contributed by atoms with Gasteiger partial charge in [-0.1, -0.05) is 0 Å². The van der Waals surface area contributed by atoms with Crippen LogP contribution in [0.15, 0.2) is 0 Å². The SMILES string of the molecule is CP(=O)(OCC(F)(F)C(F)(F)C(F)(F)C(F)(F)F)OCC(F)(F)C(F)(F)C(F)(F)C(F)(F)F. The minimum absolute atomic E-state index is 0.348. The zero-order chi connectivity index (χ0) is 27.3. The van der Waals surface area contributed by atoms with E-state index < -0.39 is 68.7 Å². The number of alkyl halides is 18. The van der Waals surface area contributed by atoms with Crippen LogP contribution in [-0.4, -0.2) is 67.8 Å². The Balaban J connectivity index is 5.57. The molecule has 0 aliphatic carbocycles. The Kier molecular flexibility index (Phi) is 8.24. The smallest absolute Gasteiger partial charge is 0.302 e. The first-order valence-corrected chi connectivity index (χ1v) is 9.17. The molecule has 0 heterocycles. The first kappa shape index (κ1) is 31.9. The van der Waals surface area contributed by atoms with Gasteiger partial charge in [0.15, 0.2) is 0 Å². The Labute approximate surface area is 169 Å². The van der Waals surface area contributed by atoms with Crippen molar-refractivity contribution in [2.75, 3.05) is 19.9 Å². The third kappa shape index (κ3) is 5.76. The largest absolute Gasteiger partial charge is 0.460 e. The molecule has 33 heavy (non-hydrogen) atoms. The van der Waals surface area contributed by atoms with Crippen molar-refractivity contribution in [3.63, 3.8) is 0 Å². The predicted octanol–water partition coefficient (Wildman–Crippen LogP) is 6.78. The maximum absolute atomic E-state index is 13.2. The van der Waals surface area contributed by atoms with Crippen molar-refractivity contribution in [2.24, 2.45) is 0 Å². The van der Waals surface area contributed by atoms with Crippen LogP contribution in [0, 0.1) is 0 Å². The van der Waals surface area contributed by atoms with Crippen molar-refractivity contribution in [3.8, 4) is 0 Å². The van der Waals surface area contributed by atoms with Gasteiger partial charge in [0.25, 0.3) is 0 Å². The lowest BCUT2D eigenvalue weighted by molar-refractivity contribution is -0.399. The summed E-state index contributed by atoms with van der Waals surface area (Å²) in [6, 6.07) is 0. The Morgan fingerprint density at radius 1 is 0.485 bits per heavy atom. The van der Waals surface area contributed by atoms with Crippen LogP contribution in [0.3, 0.4) is 0 Å². The van der Waals surface area contributed by atoms with E-state index in [1.807, 2.05) is 0 Å². The van der Waals surface area contributed by atoms with Gasteiger partial charge >= 0.3 is 55.5 Å². The summed E-state index contributed by atoms with van der Waals surface area (Å²) in [5.41, 5.74) is 0. The summed E-state index contributed by atoms with van der Waals surface area (Å²) >= 11 is 0. The topological polar surface area (TPSA) is 35.5 Å². The molecule has 0 rings (SSSR count). The molecule has 0 radical (unpaired) electrons. The molecule has 3 nitrogen and oxygen atoms in total. The molecule has 0 atom stereocenters. The van der Waals surface area contributed by atoms with Gasteiger partial charge in [0, 0.05) is 6.66 Å². The molecule has 0 amide bonds. The van der Waals surface area contributed by atoms with Crippen molar-refractivity contribution in [1.29, 1.82) is 0 Å². The van der Waals surface area contributed by atoms with Gasteiger partial charge in [-0.3, -0.25) is 4.57 Å². The number of hydrogen-bond acceptors (Lipinski definition) is 3. The second-order valence-electron chi connectivity index (χ2n) is 6.02. The molecule has 0 aliphatic heterocycles. The van der Waals surface area contributed by atoms with Gasteiger partial charge in [-0.25, -0.2) is 0 Å². The van der Waals surface area contributed by atoms with Crippen molar-refractivity contribution < 1.29 is 92.6 Å². The minimum Gasteiger partial charge on any atom is -0.302 e. The summed E-state index contributed by atoms with van der Waals surface area (Å²) in [6.07, 6.45) is -14.6. The monoisotopic (exact) mass is 560 g/mol. The van der Waals surface area contributed by atoms with E-state index in [-0.39, 0.29) is 6.66 Å². The van der Waals surface area contributed by atoms with Gasteiger partial charge < -0.3 is 9.05 Å². The Morgan fingerprint density at radius 2 is 0.697 bits per heavy atom.